The van der Waals surface area contributed by atoms with Crippen molar-refractivity contribution in [2.24, 2.45) is 0 Å². The van der Waals surface area contributed by atoms with Crippen LogP contribution in [-0.2, 0) is 0 Å². The maximum Gasteiger partial charge on any atom is 0.195 e. The molecule has 0 aliphatic heterocycles. The topological polar surface area (TPSA) is 30.5 Å². The van der Waals surface area contributed by atoms with Crippen molar-refractivity contribution in [2.75, 3.05) is 21.3 Å². The highest BCUT2D eigenvalue weighted by Crippen LogP contribution is 2.41. The fourth-order valence-corrected chi connectivity index (χ4v) is 2.34. The lowest BCUT2D eigenvalue weighted by molar-refractivity contribution is 0.355. The lowest BCUT2D eigenvalue weighted by Gasteiger charge is -2.19. The van der Waals surface area contributed by atoms with Crippen molar-refractivity contribution in [3.05, 3.63) is 47.3 Å². The summed E-state index contributed by atoms with van der Waals surface area (Å²) in [6.07, 6.45) is 0. The predicted octanol–water partition coefficient (Wildman–Crippen LogP) is 4.07. The molecule has 23 heavy (non-hydrogen) atoms. The van der Waals surface area contributed by atoms with Gasteiger partial charge in [0.25, 0.3) is 0 Å². The summed E-state index contributed by atoms with van der Waals surface area (Å²) in [4.78, 5) is 0. The van der Waals surface area contributed by atoms with E-state index >= 15 is 0 Å². The average molecular weight is 325 g/mol. The van der Waals surface area contributed by atoms with Crippen LogP contribution in [0, 0.1) is 17.5 Å². The number of methoxy groups -OCH3 is 2. The molecule has 0 heterocycles. The molecule has 0 bridgehead atoms. The third kappa shape index (κ3) is 3.12. The number of ether oxygens (including phenoxy) is 2. The van der Waals surface area contributed by atoms with Gasteiger partial charge in [-0.1, -0.05) is 0 Å². The number of nitrogens with one attached hydrogen (secondary N) is 1. The van der Waals surface area contributed by atoms with Gasteiger partial charge in [-0.15, -0.1) is 0 Å². The summed E-state index contributed by atoms with van der Waals surface area (Å²) in [6.45, 7) is 1.91. The first-order valence-electron chi connectivity index (χ1n) is 7.01. The van der Waals surface area contributed by atoms with E-state index in [-0.39, 0.29) is 17.4 Å². The summed E-state index contributed by atoms with van der Waals surface area (Å²) in [5.41, 5.74) is 0.994. The van der Waals surface area contributed by atoms with E-state index in [9.17, 15) is 13.2 Å². The van der Waals surface area contributed by atoms with Crippen LogP contribution in [0.15, 0.2) is 24.3 Å². The van der Waals surface area contributed by atoms with E-state index in [1.807, 2.05) is 6.92 Å². The van der Waals surface area contributed by atoms with Gasteiger partial charge < -0.3 is 14.8 Å². The van der Waals surface area contributed by atoms with Gasteiger partial charge in [0.15, 0.2) is 29.0 Å². The molecule has 0 aliphatic rings. The van der Waals surface area contributed by atoms with Crippen LogP contribution in [0.2, 0.25) is 0 Å². The Hall–Kier alpha value is -2.21. The highest BCUT2D eigenvalue weighted by atomic mass is 19.2. The Balaban J connectivity index is 2.76. The molecule has 1 atom stereocenters. The van der Waals surface area contributed by atoms with E-state index < -0.39 is 17.5 Å². The molecule has 2 rings (SSSR count). The fourth-order valence-electron chi connectivity index (χ4n) is 2.34. The van der Waals surface area contributed by atoms with E-state index in [0.717, 1.165) is 11.6 Å². The second-order valence-corrected chi connectivity index (χ2v) is 5.04. The normalized spacial score (nSPS) is 12.1. The van der Waals surface area contributed by atoms with Gasteiger partial charge >= 0.3 is 0 Å². The third-order valence-corrected chi connectivity index (χ3v) is 3.76. The molecule has 0 fully saturated rings. The molecule has 0 aromatic heterocycles. The minimum absolute atomic E-state index is 0.0538. The minimum atomic E-state index is -1.52. The van der Waals surface area contributed by atoms with Gasteiger partial charge in [0.1, 0.15) is 0 Å². The van der Waals surface area contributed by atoms with Gasteiger partial charge in [-0.25, -0.2) is 13.2 Å². The number of hydrogen-bond acceptors (Lipinski definition) is 3. The number of hydrogen-bond donors (Lipinski definition) is 1. The molecule has 1 unspecified atom stereocenters. The summed E-state index contributed by atoms with van der Waals surface area (Å²) in [6, 6.07) is 5.42. The van der Waals surface area contributed by atoms with E-state index in [1.165, 1.54) is 20.3 Å². The predicted molar refractivity (Wildman–Crippen MR) is 82.3 cm³/mol. The largest absolute Gasteiger partial charge is 0.493 e. The van der Waals surface area contributed by atoms with Gasteiger partial charge in [0.2, 0.25) is 0 Å². The molecular weight excluding hydrogens is 307 g/mol. The molecule has 124 valence electrons. The molecule has 0 spiro atoms. The van der Waals surface area contributed by atoms with E-state index in [1.54, 1.807) is 19.2 Å². The molecular formula is C17H18F3NO2. The Morgan fingerprint density at radius 2 is 1.65 bits per heavy atom. The van der Waals surface area contributed by atoms with Crippen molar-refractivity contribution in [3.8, 4) is 22.6 Å². The first kappa shape index (κ1) is 17.1. The Labute approximate surface area is 133 Å². The zero-order valence-electron chi connectivity index (χ0n) is 13.3. The SMILES string of the molecule is CNC(C)c1cc(OC)c(OC)c(-c2ccc(F)c(F)c2F)c1. The van der Waals surface area contributed by atoms with Gasteiger partial charge in [-0.05, 0) is 43.8 Å². The molecule has 2 aromatic rings. The van der Waals surface area contributed by atoms with Crippen molar-refractivity contribution in [2.45, 2.75) is 13.0 Å². The third-order valence-electron chi connectivity index (χ3n) is 3.76. The molecule has 2 aromatic carbocycles. The quantitative estimate of drug-likeness (QED) is 0.841. The first-order valence-corrected chi connectivity index (χ1v) is 7.01. The Morgan fingerprint density at radius 1 is 0.957 bits per heavy atom. The Kier molecular flexibility index (Phi) is 5.15. The van der Waals surface area contributed by atoms with Crippen LogP contribution in [0.3, 0.4) is 0 Å². The molecule has 1 N–H and O–H groups in total. The van der Waals surface area contributed by atoms with Crippen molar-refractivity contribution in [1.82, 2.24) is 5.32 Å². The van der Waals surface area contributed by atoms with Crippen LogP contribution >= 0.6 is 0 Å². The highest BCUT2D eigenvalue weighted by Gasteiger charge is 2.21. The van der Waals surface area contributed by atoms with Gasteiger partial charge in [-0.2, -0.15) is 0 Å². The Bertz CT molecular complexity index is 719. The lowest BCUT2D eigenvalue weighted by Crippen LogP contribution is -2.13. The highest BCUT2D eigenvalue weighted by molar-refractivity contribution is 5.75. The summed E-state index contributed by atoms with van der Waals surface area (Å²) < 4.78 is 51.5. The summed E-state index contributed by atoms with van der Waals surface area (Å²) >= 11 is 0. The van der Waals surface area contributed by atoms with Crippen molar-refractivity contribution in [1.29, 1.82) is 0 Å². The van der Waals surface area contributed by atoms with Gasteiger partial charge in [0.05, 0.1) is 14.2 Å². The average Bonchev–Trinajstić information content (AvgIpc) is 2.57. The maximum absolute atomic E-state index is 14.2. The second-order valence-electron chi connectivity index (χ2n) is 5.04. The zero-order valence-corrected chi connectivity index (χ0v) is 13.3. The molecule has 6 heteroatoms. The van der Waals surface area contributed by atoms with Crippen molar-refractivity contribution < 1.29 is 22.6 Å². The molecule has 0 radical (unpaired) electrons. The van der Waals surface area contributed by atoms with E-state index in [0.29, 0.717) is 11.3 Å². The molecule has 3 nitrogen and oxygen atoms in total. The standard InChI is InChI=1S/C17H18F3NO2/c1-9(21-2)10-7-12(17(23-4)14(8-10)22-3)11-5-6-13(18)16(20)15(11)19/h5-9,21H,1-4H3. The van der Waals surface area contributed by atoms with Crippen LogP contribution in [0.5, 0.6) is 11.5 Å². The first-order chi connectivity index (χ1) is 10.9. The molecule has 0 aliphatic carbocycles. The van der Waals surface area contributed by atoms with Crippen LogP contribution in [-0.4, -0.2) is 21.3 Å². The smallest absolute Gasteiger partial charge is 0.195 e. The lowest BCUT2D eigenvalue weighted by atomic mass is 9.97. The van der Waals surface area contributed by atoms with Crippen molar-refractivity contribution >= 4 is 0 Å². The van der Waals surface area contributed by atoms with E-state index in [4.69, 9.17) is 9.47 Å². The number of benzene rings is 2. The van der Waals surface area contributed by atoms with Gasteiger partial charge in [0, 0.05) is 17.2 Å². The summed E-state index contributed by atoms with van der Waals surface area (Å²) in [5, 5.41) is 3.06. The monoisotopic (exact) mass is 325 g/mol. The van der Waals surface area contributed by atoms with Crippen LogP contribution in [0.4, 0.5) is 13.2 Å². The summed E-state index contributed by atoms with van der Waals surface area (Å²) in [7, 11) is 4.64. The zero-order chi connectivity index (χ0) is 17.1. The van der Waals surface area contributed by atoms with Crippen LogP contribution in [0.1, 0.15) is 18.5 Å². The van der Waals surface area contributed by atoms with Gasteiger partial charge in [-0.3, -0.25) is 0 Å². The number of halogens is 3. The van der Waals surface area contributed by atoms with Crippen molar-refractivity contribution in [3.63, 3.8) is 0 Å². The minimum Gasteiger partial charge on any atom is -0.493 e. The second kappa shape index (κ2) is 6.91. The van der Waals surface area contributed by atoms with E-state index in [2.05, 4.69) is 5.32 Å². The maximum atomic E-state index is 14.2. The Morgan fingerprint density at radius 3 is 2.22 bits per heavy atom. The fraction of sp³-hybridized carbons (Fsp3) is 0.294. The molecule has 0 saturated heterocycles. The molecule has 0 amide bonds. The molecule has 0 saturated carbocycles. The van der Waals surface area contributed by atoms with Crippen LogP contribution < -0.4 is 14.8 Å². The number of rotatable bonds is 5. The van der Waals surface area contributed by atoms with Crippen LogP contribution in [0.25, 0.3) is 11.1 Å². The summed E-state index contributed by atoms with van der Waals surface area (Å²) in [5.74, 6) is -3.39.